The molecule has 1 aliphatic heterocycles. The van der Waals surface area contributed by atoms with Crippen LogP contribution in [0, 0.1) is 0 Å². The molecule has 0 bridgehead atoms. The van der Waals surface area contributed by atoms with E-state index in [2.05, 4.69) is 0 Å². The summed E-state index contributed by atoms with van der Waals surface area (Å²) in [6.45, 7) is 0.572. The summed E-state index contributed by atoms with van der Waals surface area (Å²) in [5, 5.41) is 0. The lowest BCUT2D eigenvalue weighted by Crippen LogP contribution is -2.34. The van der Waals surface area contributed by atoms with Gasteiger partial charge in [0, 0.05) is 12.1 Å². The van der Waals surface area contributed by atoms with E-state index in [9.17, 15) is 4.79 Å². The summed E-state index contributed by atoms with van der Waals surface area (Å²) in [5.74, 6) is 1.81. The minimum absolute atomic E-state index is 0.161. The van der Waals surface area contributed by atoms with Gasteiger partial charge in [-0.25, -0.2) is 0 Å². The van der Waals surface area contributed by atoms with Crippen LogP contribution in [0.1, 0.15) is 17.5 Å². The maximum atomic E-state index is 12.3. The number of nitrogens with zero attached hydrogens (tertiary/aromatic N) is 1. The van der Waals surface area contributed by atoms with Gasteiger partial charge in [0.25, 0.3) is 0 Å². The van der Waals surface area contributed by atoms with Crippen molar-refractivity contribution in [1.29, 1.82) is 0 Å². The zero-order chi connectivity index (χ0) is 15.5. The molecule has 4 nitrogen and oxygen atoms in total. The number of carbonyl (C=O) groups is 1. The van der Waals surface area contributed by atoms with Crippen molar-refractivity contribution in [3.8, 4) is 11.5 Å². The van der Waals surface area contributed by atoms with Crippen LogP contribution in [0.25, 0.3) is 0 Å². The molecule has 0 radical (unpaired) electrons. The number of ether oxygens (including phenoxy) is 2. The number of amides is 1. The van der Waals surface area contributed by atoms with E-state index in [0.717, 1.165) is 34.7 Å². The predicted molar refractivity (Wildman–Crippen MR) is 85.5 cm³/mol. The molecular formula is C18H19NO3. The number of hydrogen-bond donors (Lipinski definition) is 0. The van der Waals surface area contributed by atoms with E-state index < -0.39 is 0 Å². The summed E-state index contributed by atoms with van der Waals surface area (Å²) < 4.78 is 10.4. The molecule has 0 unspecified atom stereocenters. The fourth-order valence-electron chi connectivity index (χ4n) is 2.75. The van der Waals surface area contributed by atoms with Gasteiger partial charge in [-0.05, 0) is 47.9 Å². The number of carbonyl (C=O) groups excluding carboxylic acids is 1. The Hall–Kier alpha value is -2.49. The first-order valence-electron chi connectivity index (χ1n) is 7.31. The third-order valence-electron chi connectivity index (χ3n) is 3.99. The van der Waals surface area contributed by atoms with Gasteiger partial charge in [0.1, 0.15) is 11.5 Å². The number of rotatable bonds is 4. The highest BCUT2D eigenvalue weighted by atomic mass is 16.5. The van der Waals surface area contributed by atoms with E-state index in [-0.39, 0.29) is 5.91 Å². The first-order valence-corrected chi connectivity index (χ1v) is 7.31. The Morgan fingerprint density at radius 3 is 2.32 bits per heavy atom. The van der Waals surface area contributed by atoms with Crippen LogP contribution >= 0.6 is 0 Å². The van der Waals surface area contributed by atoms with Crippen LogP contribution in [0.15, 0.2) is 42.5 Å². The molecule has 2 aromatic rings. The first-order chi connectivity index (χ1) is 10.7. The molecule has 4 heteroatoms. The molecule has 0 spiro atoms. The quantitative estimate of drug-likeness (QED) is 0.870. The molecule has 3 rings (SSSR count). The Labute approximate surface area is 130 Å². The maximum Gasteiger partial charge on any atom is 0.227 e. The number of fused-ring (bicyclic) bond motifs is 1. The zero-order valence-electron chi connectivity index (χ0n) is 12.8. The van der Waals surface area contributed by atoms with Crippen LogP contribution in [0.4, 0.5) is 5.69 Å². The van der Waals surface area contributed by atoms with Gasteiger partial charge >= 0.3 is 0 Å². The van der Waals surface area contributed by atoms with Crippen molar-refractivity contribution in [2.24, 2.45) is 0 Å². The van der Waals surface area contributed by atoms with E-state index in [1.807, 2.05) is 47.4 Å². The van der Waals surface area contributed by atoms with Crippen LogP contribution < -0.4 is 14.4 Å². The van der Waals surface area contributed by atoms with Gasteiger partial charge in [-0.15, -0.1) is 0 Å². The molecule has 0 N–H and O–H groups in total. The second-order valence-electron chi connectivity index (χ2n) is 5.32. The third kappa shape index (κ3) is 2.77. The van der Waals surface area contributed by atoms with Gasteiger partial charge in [0.05, 0.1) is 20.8 Å². The smallest absolute Gasteiger partial charge is 0.227 e. The van der Waals surface area contributed by atoms with Crippen molar-refractivity contribution < 1.29 is 14.3 Å². The lowest BCUT2D eigenvalue weighted by molar-refractivity contribution is -0.119. The highest BCUT2D eigenvalue weighted by Gasteiger charge is 2.24. The second-order valence-corrected chi connectivity index (χ2v) is 5.32. The molecule has 1 amide bonds. The standard InChI is InChI=1S/C18H19NO3/c1-21-15-6-3-13(4-7-15)12-19-17-9-8-16(22-2)11-14(17)5-10-18(19)20/h3-4,6-9,11H,5,10,12H2,1-2H3. The van der Waals surface area contributed by atoms with Crippen LogP contribution in [0.5, 0.6) is 11.5 Å². The van der Waals surface area contributed by atoms with Crippen molar-refractivity contribution in [3.05, 3.63) is 53.6 Å². The lowest BCUT2D eigenvalue weighted by atomic mass is 10.00. The summed E-state index contributed by atoms with van der Waals surface area (Å²) in [4.78, 5) is 14.2. The molecule has 0 saturated carbocycles. The molecule has 2 aromatic carbocycles. The van der Waals surface area contributed by atoms with Crippen LogP contribution in [-0.4, -0.2) is 20.1 Å². The molecule has 1 heterocycles. The topological polar surface area (TPSA) is 38.8 Å². The minimum Gasteiger partial charge on any atom is -0.497 e. The molecule has 0 saturated heterocycles. The summed E-state index contributed by atoms with van der Waals surface area (Å²) in [7, 11) is 3.30. The highest BCUT2D eigenvalue weighted by molar-refractivity contribution is 5.96. The van der Waals surface area contributed by atoms with Gasteiger partial charge in [0.2, 0.25) is 5.91 Å². The normalized spacial score (nSPS) is 13.7. The molecule has 114 valence electrons. The molecular weight excluding hydrogens is 278 g/mol. The minimum atomic E-state index is 0.161. The Bertz CT molecular complexity index is 679. The molecule has 22 heavy (non-hydrogen) atoms. The van der Waals surface area contributed by atoms with E-state index in [0.29, 0.717) is 13.0 Å². The Kier molecular flexibility index (Phi) is 4.00. The van der Waals surface area contributed by atoms with Gasteiger partial charge in [-0.3, -0.25) is 4.79 Å². The summed E-state index contributed by atoms with van der Waals surface area (Å²) in [6.07, 6.45) is 1.31. The lowest BCUT2D eigenvalue weighted by Gasteiger charge is -2.30. The van der Waals surface area contributed by atoms with Crippen molar-refractivity contribution >= 4 is 11.6 Å². The van der Waals surface area contributed by atoms with Crippen LogP contribution in [0.3, 0.4) is 0 Å². The molecule has 1 aliphatic rings. The maximum absolute atomic E-state index is 12.3. The zero-order valence-corrected chi connectivity index (χ0v) is 12.8. The molecule has 0 aromatic heterocycles. The predicted octanol–water partition coefficient (Wildman–Crippen LogP) is 3.18. The highest BCUT2D eigenvalue weighted by Crippen LogP contribution is 2.32. The Morgan fingerprint density at radius 1 is 0.955 bits per heavy atom. The molecule has 0 fully saturated rings. The first kappa shape index (κ1) is 14.4. The monoisotopic (exact) mass is 297 g/mol. The number of methoxy groups -OCH3 is 2. The van der Waals surface area contributed by atoms with E-state index >= 15 is 0 Å². The van der Waals surface area contributed by atoms with Gasteiger partial charge in [0.15, 0.2) is 0 Å². The summed E-state index contributed by atoms with van der Waals surface area (Å²) in [5.41, 5.74) is 3.22. The average Bonchev–Trinajstić information content (AvgIpc) is 2.57. The Balaban J connectivity index is 1.88. The molecule has 0 atom stereocenters. The van der Waals surface area contributed by atoms with Crippen LogP contribution in [-0.2, 0) is 17.8 Å². The second kappa shape index (κ2) is 6.10. The van der Waals surface area contributed by atoms with Crippen molar-refractivity contribution in [1.82, 2.24) is 0 Å². The van der Waals surface area contributed by atoms with Gasteiger partial charge < -0.3 is 14.4 Å². The largest absolute Gasteiger partial charge is 0.497 e. The summed E-state index contributed by atoms with van der Waals surface area (Å²) >= 11 is 0. The number of aryl methyl sites for hydroxylation is 1. The SMILES string of the molecule is COc1ccc(CN2C(=O)CCc3cc(OC)ccc32)cc1. The van der Waals surface area contributed by atoms with E-state index in [1.165, 1.54) is 0 Å². The fraction of sp³-hybridized carbons (Fsp3) is 0.278. The number of hydrogen-bond acceptors (Lipinski definition) is 3. The van der Waals surface area contributed by atoms with Crippen molar-refractivity contribution in [3.63, 3.8) is 0 Å². The Morgan fingerprint density at radius 2 is 1.64 bits per heavy atom. The average molecular weight is 297 g/mol. The van der Waals surface area contributed by atoms with Gasteiger partial charge in [-0.1, -0.05) is 12.1 Å². The van der Waals surface area contributed by atoms with E-state index in [1.54, 1.807) is 14.2 Å². The number of benzene rings is 2. The van der Waals surface area contributed by atoms with Crippen molar-refractivity contribution in [2.45, 2.75) is 19.4 Å². The van der Waals surface area contributed by atoms with Crippen molar-refractivity contribution in [2.75, 3.05) is 19.1 Å². The van der Waals surface area contributed by atoms with Gasteiger partial charge in [-0.2, -0.15) is 0 Å². The third-order valence-corrected chi connectivity index (χ3v) is 3.99. The number of anilines is 1. The van der Waals surface area contributed by atoms with E-state index in [4.69, 9.17) is 9.47 Å². The fourth-order valence-corrected chi connectivity index (χ4v) is 2.75. The molecule has 0 aliphatic carbocycles. The van der Waals surface area contributed by atoms with Crippen LogP contribution in [0.2, 0.25) is 0 Å². The summed E-state index contributed by atoms with van der Waals surface area (Å²) in [6, 6.07) is 13.7.